The number of ether oxygens (including phenoxy) is 1. The molecule has 0 saturated carbocycles. The molecule has 0 aliphatic heterocycles. The average molecular weight is 330 g/mol. The predicted octanol–water partition coefficient (Wildman–Crippen LogP) is 1.62. The first-order valence-corrected chi connectivity index (χ1v) is 6.24. The minimum atomic E-state index is -0.652. The summed E-state index contributed by atoms with van der Waals surface area (Å²) in [6.45, 7) is 5.94. The van der Waals surface area contributed by atoms with Crippen LogP contribution in [-0.4, -0.2) is 30.6 Å². The summed E-state index contributed by atoms with van der Waals surface area (Å²) >= 11 is 1.53. The molecule has 5 nitrogen and oxygen atoms in total. The Balaban J connectivity index is 0. The standard InChI is InChI=1S/C11H19N3O2S.2ClH/c1-7-6-17-10(13-7)11(2,3)14-9(15)8(12)5-16-4;;/h6,8H,5,12H2,1-4H3,(H,14,15);2*1H. The summed E-state index contributed by atoms with van der Waals surface area (Å²) in [7, 11) is 1.52. The van der Waals surface area contributed by atoms with E-state index in [9.17, 15) is 4.79 Å². The molecular formula is C11H21Cl2N3O2S. The molecule has 0 aromatic carbocycles. The first-order valence-electron chi connectivity index (χ1n) is 5.36. The van der Waals surface area contributed by atoms with Gasteiger partial charge in [-0.3, -0.25) is 4.79 Å². The molecule has 112 valence electrons. The number of aromatic nitrogens is 1. The Hall–Kier alpha value is -0.400. The Morgan fingerprint density at radius 1 is 1.58 bits per heavy atom. The largest absolute Gasteiger partial charge is 0.383 e. The van der Waals surface area contributed by atoms with Crippen molar-refractivity contribution < 1.29 is 9.53 Å². The van der Waals surface area contributed by atoms with Gasteiger partial charge >= 0.3 is 0 Å². The summed E-state index contributed by atoms with van der Waals surface area (Å²) in [6.07, 6.45) is 0. The molecule has 0 radical (unpaired) electrons. The van der Waals surface area contributed by atoms with Crippen molar-refractivity contribution in [3.8, 4) is 0 Å². The molecule has 0 aliphatic rings. The summed E-state index contributed by atoms with van der Waals surface area (Å²) in [5, 5.41) is 5.70. The maximum absolute atomic E-state index is 11.8. The highest BCUT2D eigenvalue weighted by Gasteiger charge is 2.28. The number of nitrogens with two attached hydrogens (primary N) is 1. The quantitative estimate of drug-likeness (QED) is 0.860. The molecule has 1 heterocycles. The fourth-order valence-corrected chi connectivity index (χ4v) is 2.23. The van der Waals surface area contributed by atoms with Crippen LogP contribution in [0.3, 0.4) is 0 Å². The Bertz CT molecular complexity index is 399. The zero-order valence-corrected chi connectivity index (χ0v) is 13.9. The van der Waals surface area contributed by atoms with Crippen LogP contribution in [0, 0.1) is 6.92 Å². The summed E-state index contributed by atoms with van der Waals surface area (Å²) in [5.74, 6) is -0.232. The van der Waals surface area contributed by atoms with Gasteiger partial charge in [0.25, 0.3) is 0 Å². The first kappa shape index (κ1) is 20.9. The van der Waals surface area contributed by atoms with Crippen LogP contribution in [0.2, 0.25) is 0 Å². The van der Waals surface area contributed by atoms with Crippen LogP contribution >= 0.6 is 36.2 Å². The van der Waals surface area contributed by atoms with Gasteiger partial charge in [0.2, 0.25) is 5.91 Å². The van der Waals surface area contributed by atoms with Crippen molar-refractivity contribution in [1.82, 2.24) is 10.3 Å². The van der Waals surface area contributed by atoms with Gasteiger partial charge in [0.05, 0.1) is 12.1 Å². The number of carbonyl (C=O) groups is 1. The molecule has 0 bridgehead atoms. The molecule has 1 amide bonds. The second-order valence-corrected chi connectivity index (χ2v) is 5.33. The van der Waals surface area contributed by atoms with Crippen LogP contribution in [0.1, 0.15) is 24.5 Å². The van der Waals surface area contributed by atoms with E-state index in [4.69, 9.17) is 10.5 Å². The smallest absolute Gasteiger partial charge is 0.240 e. The lowest BCUT2D eigenvalue weighted by Gasteiger charge is -2.25. The summed E-state index contributed by atoms with van der Waals surface area (Å²) < 4.78 is 4.85. The maximum atomic E-state index is 11.8. The van der Waals surface area contributed by atoms with Gasteiger partial charge in [0.1, 0.15) is 11.0 Å². The predicted molar refractivity (Wildman–Crippen MR) is 82.4 cm³/mol. The number of rotatable bonds is 5. The van der Waals surface area contributed by atoms with Gasteiger partial charge < -0.3 is 15.8 Å². The molecule has 0 saturated heterocycles. The van der Waals surface area contributed by atoms with E-state index in [1.54, 1.807) is 0 Å². The third-order valence-electron chi connectivity index (χ3n) is 2.27. The van der Waals surface area contributed by atoms with Gasteiger partial charge in [0, 0.05) is 18.2 Å². The molecule has 0 spiro atoms. The topological polar surface area (TPSA) is 77.2 Å². The molecule has 1 unspecified atom stereocenters. The van der Waals surface area contributed by atoms with E-state index < -0.39 is 11.6 Å². The lowest BCUT2D eigenvalue weighted by Crippen LogP contribution is -2.50. The molecule has 0 aliphatic carbocycles. The molecule has 1 rings (SSSR count). The molecule has 0 fully saturated rings. The van der Waals surface area contributed by atoms with Crippen LogP contribution in [0.25, 0.3) is 0 Å². The number of carbonyl (C=O) groups excluding carboxylic acids is 1. The number of halogens is 2. The average Bonchev–Trinajstić information content (AvgIpc) is 2.65. The molecule has 1 aromatic heterocycles. The SMILES string of the molecule is COCC(N)C(=O)NC(C)(C)c1nc(C)cs1.Cl.Cl. The van der Waals surface area contributed by atoms with Gasteiger partial charge in [-0.2, -0.15) is 0 Å². The Morgan fingerprint density at radius 2 is 2.16 bits per heavy atom. The summed E-state index contributed by atoms with van der Waals surface area (Å²) in [5.41, 5.74) is 6.10. The highest BCUT2D eigenvalue weighted by Crippen LogP contribution is 2.23. The lowest BCUT2D eigenvalue weighted by atomic mass is 10.1. The Labute approximate surface area is 130 Å². The lowest BCUT2D eigenvalue weighted by molar-refractivity contribution is -0.125. The molecular weight excluding hydrogens is 309 g/mol. The van der Waals surface area contributed by atoms with Gasteiger partial charge in [-0.1, -0.05) is 0 Å². The first-order chi connectivity index (χ1) is 7.86. The van der Waals surface area contributed by atoms with Crippen LogP contribution in [-0.2, 0) is 15.1 Å². The number of hydrogen-bond acceptors (Lipinski definition) is 5. The van der Waals surface area contributed by atoms with Gasteiger partial charge in [-0.15, -0.1) is 36.2 Å². The molecule has 1 atom stereocenters. The van der Waals surface area contributed by atoms with E-state index in [1.165, 1.54) is 18.4 Å². The van der Waals surface area contributed by atoms with Crippen LogP contribution in [0.15, 0.2) is 5.38 Å². The Kier molecular flexibility index (Phi) is 9.58. The number of amides is 1. The second kappa shape index (κ2) is 8.71. The number of nitrogens with zero attached hydrogens (tertiary/aromatic N) is 1. The van der Waals surface area contributed by atoms with Crippen molar-refractivity contribution in [1.29, 1.82) is 0 Å². The van der Waals surface area contributed by atoms with Gasteiger partial charge in [-0.05, 0) is 20.8 Å². The minimum Gasteiger partial charge on any atom is -0.383 e. The van der Waals surface area contributed by atoms with Crippen molar-refractivity contribution in [2.45, 2.75) is 32.4 Å². The van der Waals surface area contributed by atoms with E-state index in [0.29, 0.717) is 0 Å². The zero-order chi connectivity index (χ0) is 13.1. The molecule has 8 heteroatoms. The molecule has 19 heavy (non-hydrogen) atoms. The monoisotopic (exact) mass is 329 g/mol. The maximum Gasteiger partial charge on any atom is 0.240 e. The van der Waals surface area contributed by atoms with E-state index in [0.717, 1.165) is 10.7 Å². The Morgan fingerprint density at radius 3 is 2.58 bits per heavy atom. The normalized spacial score (nSPS) is 12.1. The van der Waals surface area contributed by atoms with Crippen LogP contribution < -0.4 is 11.1 Å². The second-order valence-electron chi connectivity index (χ2n) is 4.47. The van der Waals surface area contributed by atoms with Crippen LogP contribution in [0.4, 0.5) is 0 Å². The fourth-order valence-electron chi connectivity index (χ4n) is 1.35. The molecule has 1 aromatic rings. The summed E-state index contributed by atoms with van der Waals surface area (Å²) in [4.78, 5) is 16.2. The van der Waals surface area contributed by atoms with Crippen LogP contribution in [0.5, 0.6) is 0 Å². The highest BCUT2D eigenvalue weighted by molar-refractivity contribution is 7.09. The van der Waals surface area contributed by atoms with Crippen molar-refractivity contribution in [3.05, 3.63) is 16.1 Å². The van der Waals surface area contributed by atoms with Crippen molar-refractivity contribution in [2.75, 3.05) is 13.7 Å². The zero-order valence-electron chi connectivity index (χ0n) is 11.4. The minimum absolute atomic E-state index is 0. The number of hydrogen-bond donors (Lipinski definition) is 2. The van der Waals surface area contributed by atoms with E-state index >= 15 is 0 Å². The third-order valence-corrected chi connectivity index (χ3v) is 3.56. The number of thiazole rings is 1. The third kappa shape index (κ3) is 6.05. The van der Waals surface area contributed by atoms with E-state index in [-0.39, 0.29) is 37.3 Å². The number of aryl methyl sites for hydroxylation is 1. The fraction of sp³-hybridized carbons (Fsp3) is 0.636. The number of methoxy groups -OCH3 is 1. The summed E-state index contributed by atoms with van der Waals surface area (Å²) in [6, 6.07) is -0.652. The van der Waals surface area contributed by atoms with Crippen molar-refractivity contribution >= 4 is 42.1 Å². The number of nitrogens with one attached hydrogen (secondary N) is 1. The van der Waals surface area contributed by atoms with Crippen molar-refractivity contribution in [3.63, 3.8) is 0 Å². The molecule has 3 N–H and O–H groups in total. The highest BCUT2D eigenvalue weighted by atomic mass is 35.5. The van der Waals surface area contributed by atoms with Gasteiger partial charge in [-0.25, -0.2) is 4.98 Å². The van der Waals surface area contributed by atoms with E-state index in [2.05, 4.69) is 10.3 Å². The van der Waals surface area contributed by atoms with Crippen molar-refractivity contribution in [2.24, 2.45) is 5.73 Å². The van der Waals surface area contributed by atoms with E-state index in [1.807, 2.05) is 26.2 Å². The van der Waals surface area contributed by atoms with Gasteiger partial charge in [0.15, 0.2) is 0 Å².